The minimum Gasteiger partial charge on any atom is -0.493 e. The van der Waals surface area contributed by atoms with Crippen molar-refractivity contribution < 1.29 is 14.3 Å². The van der Waals surface area contributed by atoms with E-state index in [-0.39, 0.29) is 11.9 Å². The second kappa shape index (κ2) is 8.39. The molecule has 1 unspecified atom stereocenters. The molecule has 0 saturated carbocycles. The van der Waals surface area contributed by atoms with Gasteiger partial charge in [0.25, 0.3) is 0 Å². The average Bonchev–Trinajstić information content (AvgIpc) is 3.26. The highest BCUT2D eigenvalue weighted by Gasteiger charge is 2.29. The van der Waals surface area contributed by atoms with Crippen LogP contribution in [-0.4, -0.2) is 31.6 Å². The number of likely N-dealkylation sites (tertiary alicyclic amines) is 1. The topological polar surface area (TPSA) is 38.8 Å². The van der Waals surface area contributed by atoms with Crippen molar-refractivity contribution >= 4 is 22.8 Å². The highest BCUT2D eigenvalue weighted by atomic mass is 16.5. The summed E-state index contributed by atoms with van der Waals surface area (Å²) in [6, 6.07) is 20.5. The summed E-state index contributed by atoms with van der Waals surface area (Å²) < 4.78 is 10.6. The molecule has 0 aliphatic carbocycles. The first kappa shape index (κ1) is 19.1. The first-order valence-electron chi connectivity index (χ1n) is 9.89. The molecule has 1 heterocycles. The molecule has 148 valence electrons. The lowest BCUT2D eigenvalue weighted by atomic mass is 9.97. The molecule has 4 heteroatoms. The quantitative estimate of drug-likeness (QED) is 0.563. The van der Waals surface area contributed by atoms with Crippen LogP contribution in [0.15, 0.2) is 66.7 Å². The first-order chi connectivity index (χ1) is 14.2. The summed E-state index contributed by atoms with van der Waals surface area (Å²) in [5.74, 6) is 1.36. The largest absolute Gasteiger partial charge is 0.493 e. The molecule has 3 aromatic rings. The SMILES string of the molecule is COc1ccc(/C=C/C(=O)N2CCCC2c2cccc3ccccc23)cc1OC. The number of hydrogen-bond acceptors (Lipinski definition) is 3. The van der Waals surface area contributed by atoms with Crippen LogP contribution in [0.4, 0.5) is 0 Å². The van der Waals surface area contributed by atoms with Gasteiger partial charge in [-0.05, 0) is 52.9 Å². The summed E-state index contributed by atoms with van der Waals surface area (Å²) in [7, 11) is 3.22. The molecule has 4 nitrogen and oxygen atoms in total. The van der Waals surface area contributed by atoms with Gasteiger partial charge in [0.05, 0.1) is 20.3 Å². The Bertz CT molecular complexity index is 1050. The van der Waals surface area contributed by atoms with E-state index in [0.717, 1.165) is 24.9 Å². The smallest absolute Gasteiger partial charge is 0.247 e. The molecule has 0 N–H and O–H groups in total. The van der Waals surface area contributed by atoms with Crippen LogP contribution in [0.25, 0.3) is 16.8 Å². The Hall–Kier alpha value is -3.27. The lowest BCUT2D eigenvalue weighted by Gasteiger charge is -2.25. The zero-order valence-electron chi connectivity index (χ0n) is 16.8. The summed E-state index contributed by atoms with van der Waals surface area (Å²) in [5.41, 5.74) is 2.13. The number of hydrogen-bond donors (Lipinski definition) is 0. The van der Waals surface area contributed by atoms with E-state index in [0.29, 0.717) is 11.5 Å². The molecular weight excluding hydrogens is 362 g/mol. The van der Waals surface area contributed by atoms with E-state index in [1.807, 2.05) is 29.2 Å². The van der Waals surface area contributed by atoms with Crippen LogP contribution in [0.1, 0.15) is 30.0 Å². The standard InChI is InChI=1S/C25H25NO3/c1-28-23-14-12-18(17-24(23)29-2)13-15-25(27)26-16-6-11-22(26)21-10-5-8-19-7-3-4-9-20(19)21/h3-5,7-10,12-15,17,22H,6,11,16H2,1-2H3/b15-13+. The zero-order valence-corrected chi connectivity index (χ0v) is 16.8. The molecule has 0 bridgehead atoms. The van der Waals surface area contributed by atoms with Crippen LogP contribution < -0.4 is 9.47 Å². The maximum absolute atomic E-state index is 13.0. The van der Waals surface area contributed by atoms with E-state index in [1.165, 1.54) is 16.3 Å². The fourth-order valence-electron chi connectivity index (χ4n) is 4.11. The second-order valence-corrected chi connectivity index (χ2v) is 7.21. The number of benzene rings is 3. The molecule has 29 heavy (non-hydrogen) atoms. The van der Waals surface area contributed by atoms with Gasteiger partial charge in [-0.25, -0.2) is 0 Å². The Morgan fingerprint density at radius 3 is 2.62 bits per heavy atom. The van der Waals surface area contributed by atoms with Crippen LogP contribution >= 0.6 is 0 Å². The van der Waals surface area contributed by atoms with E-state index < -0.39 is 0 Å². The van der Waals surface area contributed by atoms with Crippen LogP contribution in [-0.2, 0) is 4.79 Å². The third kappa shape index (κ3) is 3.83. The molecule has 1 saturated heterocycles. The molecule has 0 aromatic heterocycles. The number of nitrogens with zero attached hydrogens (tertiary/aromatic N) is 1. The molecule has 0 radical (unpaired) electrons. The molecule has 1 atom stereocenters. The van der Waals surface area contributed by atoms with Gasteiger partial charge in [-0.1, -0.05) is 48.5 Å². The normalized spacial score (nSPS) is 16.5. The molecule has 0 spiro atoms. The van der Waals surface area contributed by atoms with Crippen molar-refractivity contribution in [2.24, 2.45) is 0 Å². The third-order valence-corrected chi connectivity index (χ3v) is 5.54. The fraction of sp³-hybridized carbons (Fsp3) is 0.240. The van der Waals surface area contributed by atoms with Crippen molar-refractivity contribution in [1.29, 1.82) is 0 Å². The van der Waals surface area contributed by atoms with E-state index in [4.69, 9.17) is 9.47 Å². The fourth-order valence-corrected chi connectivity index (χ4v) is 4.11. The molecule has 1 fully saturated rings. The number of fused-ring (bicyclic) bond motifs is 1. The van der Waals surface area contributed by atoms with Gasteiger partial charge < -0.3 is 14.4 Å². The van der Waals surface area contributed by atoms with Gasteiger partial charge >= 0.3 is 0 Å². The maximum atomic E-state index is 13.0. The van der Waals surface area contributed by atoms with E-state index in [1.54, 1.807) is 20.3 Å². The molecular formula is C25H25NO3. The van der Waals surface area contributed by atoms with Gasteiger partial charge in [0.2, 0.25) is 5.91 Å². The predicted molar refractivity (Wildman–Crippen MR) is 116 cm³/mol. The first-order valence-corrected chi connectivity index (χ1v) is 9.89. The summed E-state index contributed by atoms with van der Waals surface area (Å²) in [5, 5.41) is 2.44. The predicted octanol–water partition coefficient (Wildman–Crippen LogP) is 5.23. The summed E-state index contributed by atoms with van der Waals surface area (Å²) in [6.45, 7) is 0.781. The summed E-state index contributed by atoms with van der Waals surface area (Å²) in [4.78, 5) is 15.0. The van der Waals surface area contributed by atoms with Crippen LogP contribution in [0, 0.1) is 0 Å². The molecule has 1 aliphatic heterocycles. The molecule has 3 aromatic carbocycles. The van der Waals surface area contributed by atoms with Crippen molar-refractivity contribution in [2.75, 3.05) is 20.8 Å². The van der Waals surface area contributed by atoms with E-state index in [9.17, 15) is 4.79 Å². The summed E-state index contributed by atoms with van der Waals surface area (Å²) in [6.07, 6.45) is 5.50. The van der Waals surface area contributed by atoms with Crippen molar-refractivity contribution in [3.05, 3.63) is 77.9 Å². The van der Waals surface area contributed by atoms with Crippen molar-refractivity contribution in [3.8, 4) is 11.5 Å². The van der Waals surface area contributed by atoms with Gasteiger partial charge in [0.15, 0.2) is 11.5 Å². The van der Waals surface area contributed by atoms with Gasteiger partial charge in [0.1, 0.15) is 0 Å². The number of ether oxygens (including phenoxy) is 2. The van der Waals surface area contributed by atoms with Gasteiger partial charge in [0, 0.05) is 12.6 Å². The monoisotopic (exact) mass is 387 g/mol. The van der Waals surface area contributed by atoms with Crippen molar-refractivity contribution in [1.82, 2.24) is 4.90 Å². The summed E-state index contributed by atoms with van der Waals surface area (Å²) >= 11 is 0. The molecule has 1 aliphatic rings. The van der Waals surface area contributed by atoms with E-state index >= 15 is 0 Å². The van der Waals surface area contributed by atoms with Crippen molar-refractivity contribution in [2.45, 2.75) is 18.9 Å². The van der Waals surface area contributed by atoms with Crippen molar-refractivity contribution in [3.63, 3.8) is 0 Å². The van der Waals surface area contributed by atoms with Crippen LogP contribution in [0.5, 0.6) is 11.5 Å². The highest BCUT2D eigenvalue weighted by Crippen LogP contribution is 2.36. The average molecular weight is 387 g/mol. The number of carbonyl (C=O) groups is 1. The number of amides is 1. The lowest BCUT2D eigenvalue weighted by molar-refractivity contribution is -0.126. The van der Waals surface area contributed by atoms with Gasteiger partial charge in [-0.2, -0.15) is 0 Å². The maximum Gasteiger partial charge on any atom is 0.247 e. The third-order valence-electron chi connectivity index (χ3n) is 5.54. The number of rotatable bonds is 5. The zero-order chi connectivity index (χ0) is 20.2. The Kier molecular flexibility index (Phi) is 5.52. The Balaban J connectivity index is 1.57. The van der Waals surface area contributed by atoms with Crippen LogP contribution in [0.2, 0.25) is 0 Å². The lowest BCUT2D eigenvalue weighted by Crippen LogP contribution is -2.29. The minimum atomic E-state index is 0.0372. The van der Waals surface area contributed by atoms with E-state index in [2.05, 4.69) is 42.5 Å². The van der Waals surface area contributed by atoms with Gasteiger partial charge in [-0.3, -0.25) is 4.79 Å². The number of methoxy groups -OCH3 is 2. The minimum absolute atomic E-state index is 0.0372. The second-order valence-electron chi connectivity index (χ2n) is 7.21. The Labute approximate surface area is 171 Å². The number of carbonyl (C=O) groups excluding carboxylic acids is 1. The molecule has 1 amide bonds. The van der Waals surface area contributed by atoms with Crippen LogP contribution in [0.3, 0.4) is 0 Å². The molecule has 4 rings (SSSR count). The highest BCUT2D eigenvalue weighted by molar-refractivity contribution is 5.93. The Morgan fingerprint density at radius 1 is 1.00 bits per heavy atom. The van der Waals surface area contributed by atoms with Gasteiger partial charge in [-0.15, -0.1) is 0 Å². The Morgan fingerprint density at radius 2 is 1.79 bits per heavy atom.